The minimum Gasteiger partial charge on any atom is -0.385 e. The molecule has 2 unspecified atom stereocenters. The molecule has 1 aromatic heterocycles. The van der Waals surface area contributed by atoms with Crippen LogP contribution in [0.25, 0.3) is 11.1 Å². The molecule has 3 heteroatoms. The van der Waals surface area contributed by atoms with E-state index in [1.165, 1.54) is 23.2 Å². The third-order valence-electron chi connectivity index (χ3n) is 3.75. The van der Waals surface area contributed by atoms with Crippen LogP contribution < -0.4 is 5.32 Å². The molecule has 2 aromatic rings. The summed E-state index contributed by atoms with van der Waals surface area (Å²) in [6.45, 7) is 3.41. The number of hydrogen-bond acceptors (Lipinski definition) is 2. The molecule has 1 fully saturated rings. The third kappa shape index (κ3) is 2.40. The Kier molecular flexibility index (Phi) is 2.82. The van der Waals surface area contributed by atoms with Crippen molar-refractivity contribution in [2.24, 2.45) is 18.9 Å². The first-order valence-corrected chi connectivity index (χ1v) is 6.55. The molecule has 1 aliphatic carbocycles. The SMILES string of the molecule is CC1CC1CNc1cccc(-c2cnn(C)c2)c1. The number of aromatic nitrogens is 2. The fraction of sp³-hybridized carbons (Fsp3) is 0.400. The average Bonchev–Trinajstić information content (AvgIpc) is 2.90. The molecule has 3 rings (SSSR count). The molecule has 1 saturated carbocycles. The minimum atomic E-state index is 0.868. The molecule has 0 spiro atoms. The second-order valence-corrected chi connectivity index (χ2v) is 5.34. The quantitative estimate of drug-likeness (QED) is 0.891. The van der Waals surface area contributed by atoms with Crippen LogP contribution in [0.5, 0.6) is 0 Å². The van der Waals surface area contributed by atoms with Crippen molar-refractivity contribution in [3.63, 3.8) is 0 Å². The Morgan fingerprint density at radius 1 is 1.39 bits per heavy atom. The standard InChI is InChI=1S/C15H19N3/c1-11-6-13(11)8-16-15-5-3-4-12(7-15)14-9-17-18(2)10-14/h3-5,7,9-11,13,16H,6,8H2,1-2H3. The molecule has 2 atom stereocenters. The molecular formula is C15H19N3. The number of benzene rings is 1. The molecule has 1 N–H and O–H groups in total. The fourth-order valence-corrected chi connectivity index (χ4v) is 2.31. The molecule has 0 radical (unpaired) electrons. The van der Waals surface area contributed by atoms with Gasteiger partial charge in [-0.05, 0) is 36.0 Å². The van der Waals surface area contributed by atoms with Gasteiger partial charge in [0.05, 0.1) is 6.20 Å². The summed E-state index contributed by atoms with van der Waals surface area (Å²) in [5.74, 6) is 1.77. The summed E-state index contributed by atoms with van der Waals surface area (Å²) in [4.78, 5) is 0. The van der Waals surface area contributed by atoms with Crippen molar-refractivity contribution in [1.29, 1.82) is 0 Å². The van der Waals surface area contributed by atoms with Gasteiger partial charge in [-0.15, -0.1) is 0 Å². The molecule has 0 amide bonds. The van der Waals surface area contributed by atoms with Crippen molar-refractivity contribution >= 4 is 5.69 Å². The number of nitrogens with one attached hydrogen (secondary N) is 1. The highest BCUT2D eigenvalue weighted by atomic mass is 15.2. The summed E-state index contributed by atoms with van der Waals surface area (Å²) < 4.78 is 1.83. The van der Waals surface area contributed by atoms with Gasteiger partial charge in [0.2, 0.25) is 0 Å². The van der Waals surface area contributed by atoms with E-state index in [-0.39, 0.29) is 0 Å². The van der Waals surface area contributed by atoms with Gasteiger partial charge in [-0.1, -0.05) is 19.1 Å². The summed E-state index contributed by atoms with van der Waals surface area (Å²) in [6, 6.07) is 8.56. The van der Waals surface area contributed by atoms with Crippen molar-refractivity contribution < 1.29 is 0 Å². The molecular weight excluding hydrogens is 222 g/mol. The van der Waals surface area contributed by atoms with Crippen LogP contribution in [-0.4, -0.2) is 16.3 Å². The number of rotatable bonds is 4. The van der Waals surface area contributed by atoms with Gasteiger partial charge in [0, 0.05) is 31.0 Å². The largest absolute Gasteiger partial charge is 0.385 e. The van der Waals surface area contributed by atoms with Crippen LogP contribution in [0.1, 0.15) is 13.3 Å². The van der Waals surface area contributed by atoms with Crippen LogP contribution in [0.2, 0.25) is 0 Å². The van der Waals surface area contributed by atoms with Crippen molar-refractivity contribution in [1.82, 2.24) is 9.78 Å². The van der Waals surface area contributed by atoms with Gasteiger partial charge in [-0.2, -0.15) is 5.10 Å². The van der Waals surface area contributed by atoms with Crippen molar-refractivity contribution in [3.8, 4) is 11.1 Å². The van der Waals surface area contributed by atoms with Gasteiger partial charge in [-0.3, -0.25) is 4.68 Å². The summed E-state index contributed by atoms with van der Waals surface area (Å²) in [5.41, 5.74) is 3.59. The lowest BCUT2D eigenvalue weighted by molar-refractivity contribution is 0.768. The van der Waals surface area contributed by atoms with E-state index in [2.05, 4.69) is 41.6 Å². The van der Waals surface area contributed by atoms with Crippen LogP contribution in [-0.2, 0) is 7.05 Å². The second-order valence-electron chi connectivity index (χ2n) is 5.34. The third-order valence-corrected chi connectivity index (χ3v) is 3.75. The highest BCUT2D eigenvalue weighted by molar-refractivity contribution is 5.66. The lowest BCUT2D eigenvalue weighted by Gasteiger charge is -2.07. The molecule has 1 aliphatic rings. The molecule has 0 saturated heterocycles. The van der Waals surface area contributed by atoms with Gasteiger partial charge in [-0.25, -0.2) is 0 Å². The molecule has 1 aromatic carbocycles. The molecule has 0 aliphatic heterocycles. The Morgan fingerprint density at radius 2 is 2.22 bits per heavy atom. The monoisotopic (exact) mass is 241 g/mol. The fourth-order valence-electron chi connectivity index (χ4n) is 2.31. The summed E-state index contributed by atoms with van der Waals surface area (Å²) in [7, 11) is 1.94. The maximum Gasteiger partial charge on any atom is 0.0568 e. The predicted molar refractivity (Wildman–Crippen MR) is 74.4 cm³/mol. The van der Waals surface area contributed by atoms with Gasteiger partial charge < -0.3 is 5.32 Å². The second kappa shape index (κ2) is 4.48. The maximum absolute atomic E-state index is 4.21. The summed E-state index contributed by atoms with van der Waals surface area (Å²) in [6.07, 6.45) is 5.32. The summed E-state index contributed by atoms with van der Waals surface area (Å²) in [5, 5.41) is 7.74. The molecule has 18 heavy (non-hydrogen) atoms. The van der Waals surface area contributed by atoms with Crippen LogP contribution in [0.15, 0.2) is 36.7 Å². The van der Waals surface area contributed by atoms with Crippen molar-refractivity contribution in [2.45, 2.75) is 13.3 Å². The number of hydrogen-bond donors (Lipinski definition) is 1. The number of nitrogens with zero attached hydrogens (tertiary/aromatic N) is 2. The van der Waals surface area contributed by atoms with Crippen molar-refractivity contribution in [3.05, 3.63) is 36.7 Å². The van der Waals surface area contributed by atoms with Crippen molar-refractivity contribution in [2.75, 3.05) is 11.9 Å². The Bertz CT molecular complexity index is 544. The minimum absolute atomic E-state index is 0.868. The Hall–Kier alpha value is -1.77. The van der Waals surface area contributed by atoms with E-state index >= 15 is 0 Å². The predicted octanol–water partition coefficient (Wildman–Crippen LogP) is 3.16. The lowest BCUT2D eigenvalue weighted by Crippen LogP contribution is -2.04. The van der Waals surface area contributed by atoms with Crippen LogP contribution in [0.4, 0.5) is 5.69 Å². The van der Waals surface area contributed by atoms with E-state index in [0.717, 1.165) is 18.4 Å². The van der Waals surface area contributed by atoms with Crippen LogP contribution in [0, 0.1) is 11.8 Å². The van der Waals surface area contributed by atoms with Crippen LogP contribution >= 0.6 is 0 Å². The zero-order valence-corrected chi connectivity index (χ0v) is 10.9. The Labute approximate surface area is 108 Å². The topological polar surface area (TPSA) is 29.9 Å². The van der Waals surface area contributed by atoms with Gasteiger partial charge in [0.1, 0.15) is 0 Å². The zero-order valence-electron chi connectivity index (χ0n) is 10.9. The molecule has 0 bridgehead atoms. The highest BCUT2D eigenvalue weighted by Crippen LogP contribution is 2.37. The van der Waals surface area contributed by atoms with Gasteiger partial charge in [0.25, 0.3) is 0 Å². The smallest absolute Gasteiger partial charge is 0.0568 e. The molecule has 1 heterocycles. The normalized spacial score (nSPS) is 21.9. The lowest BCUT2D eigenvalue weighted by atomic mass is 10.1. The van der Waals surface area contributed by atoms with E-state index in [1.807, 2.05) is 24.1 Å². The Morgan fingerprint density at radius 3 is 2.89 bits per heavy atom. The number of aryl methyl sites for hydroxylation is 1. The first-order chi connectivity index (χ1) is 8.72. The maximum atomic E-state index is 4.21. The zero-order chi connectivity index (χ0) is 12.5. The first-order valence-electron chi connectivity index (χ1n) is 6.55. The van der Waals surface area contributed by atoms with E-state index < -0.39 is 0 Å². The average molecular weight is 241 g/mol. The van der Waals surface area contributed by atoms with E-state index in [4.69, 9.17) is 0 Å². The van der Waals surface area contributed by atoms with E-state index in [9.17, 15) is 0 Å². The van der Waals surface area contributed by atoms with Gasteiger partial charge >= 0.3 is 0 Å². The highest BCUT2D eigenvalue weighted by Gasteiger charge is 2.31. The molecule has 94 valence electrons. The van der Waals surface area contributed by atoms with Crippen LogP contribution in [0.3, 0.4) is 0 Å². The first kappa shape index (κ1) is 11.3. The van der Waals surface area contributed by atoms with E-state index in [0.29, 0.717) is 0 Å². The number of anilines is 1. The molecule has 3 nitrogen and oxygen atoms in total. The Balaban J connectivity index is 1.72. The summed E-state index contributed by atoms with van der Waals surface area (Å²) >= 11 is 0. The van der Waals surface area contributed by atoms with Gasteiger partial charge in [0.15, 0.2) is 0 Å². The van der Waals surface area contributed by atoms with E-state index in [1.54, 1.807) is 0 Å².